The Hall–Kier alpha value is -2.81. The number of rotatable bonds is 7. The van der Waals surface area contributed by atoms with Gasteiger partial charge in [0.25, 0.3) is 5.91 Å². The Morgan fingerprint density at radius 3 is 2.29 bits per heavy atom. The summed E-state index contributed by atoms with van der Waals surface area (Å²) in [6, 6.07) is 9.58. The zero-order valence-corrected chi connectivity index (χ0v) is 20.9. The van der Waals surface area contributed by atoms with Crippen LogP contribution in [0.25, 0.3) is 0 Å². The van der Waals surface area contributed by atoms with Crippen LogP contribution in [0.3, 0.4) is 0 Å². The van der Waals surface area contributed by atoms with Crippen molar-refractivity contribution >= 4 is 21.8 Å². The van der Waals surface area contributed by atoms with Crippen molar-refractivity contribution in [2.75, 3.05) is 6.54 Å². The third kappa shape index (κ3) is 7.09. The van der Waals surface area contributed by atoms with Gasteiger partial charge >= 0.3 is 6.09 Å². The van der Waals surface area contributed by atoms with Crippen molar-refractivity contribution in [2.24, 2.45) is 0 Å². The van der Waals surface area contributed by atoms with E-state index in [0.29, 0.717) is 12.8 Å². The lowest BCUT2D eigenvalue weighted by molar-refractivity contribution is 0.0437. The summed E-state index contributed by atoms with van der Waals surface area (Å²) in [4.78, 5) is 25.7. The van der Waals surface area contributed by atoms with Gasteiger partial charge in [-0.2, -0.15) is 0 Å². The van der Waals surface area contributed by atoms with Crippen molar-refractivity contribution in [1.29, 1.82) is 0 Å². The highest BCUT2D eigenvalue weighted by Crippen LogP contribution is 2.28. The van der Waals surface area contributed by atoms with Gasteiger partial charge in [0.05, 0.1) is 22.5 Å². The van der Waals surface area contributed by atoms with Crippen molar-refractivity contribution in [3.8, 4) is 0 Å². The Kier molecular flexibility index (Phi) is 8.07. The van der Waals surface area contributed by atoms with Crippen LogP contribution in [0.4, 0.5) is 4.79 Å². The average molecular weight is 491 g/mol. The smallest absolute Gasteiger partial charge is 0.408 e. The van der Waals surface area contributed by atoms with Crippen LogP contribution in [-0.4, -0.2) is 38.1 Å². The van der Waals surface area contributed by atoms with Gasteiger partial charge in [0.2, 0.25) is 0 Å². The number of amides is 2. The van der Waals surface area contributed by atoms with Gasteiger partial charge < -0.3 is 19.8 Å². The third-order valence-corrected chi connectivity index (χ3v) is 7.50. The molecule has 3 rings (SSSR count). The normalized spacial score (nSPS) is 16.3. The second kappa shape index (κ2) is 10.6. The van der Waals surface area contributed by atoms with E-state index >= 15 is 0 Å². The Bertz CT molecular complexity index is 1080. The second-order valence-corrected chi connectivity index (χ2v) is 11.8. The lowest BCUT2D eigenvalue weighted by Gasteiger charge is -2.35. The number of furan rings is 1. The molecular formula is C25H34N2O6S. The maximum atomic E-state index is 13.0. The summed E-state index contributed by atoms with van der Waals surface area (Å²) < 4.78 is 36.4. The molecule has 1 fully saturated rings. The van der Waals surface area contributed by atoms with E-state index in [0.717, 1.165) is 25.7 Å². The van der Waals surface area contributed by atoms with E-state index in [1.807, 2.05) is 0 Å². The van der Waals surface area contributed by atoms with Gasteiger partial charge in [-0.3, -0.25) is 4.79 Å². The number of carbonyl (C=O) groups excluding carboxylic acids is 2. The fourth-order valence-corrected chi connectivity index (χ4v) is 5.54. The molecule has 1 aliphatic rings. The van der Waals surface area contributed by atoms with Gasteiger partial charge in [-0.15, -0.1) is 0 Å². The highest BCUT2D eigenvalue weighted by Gasteiger charge is 2.35. The van der Waals surface area contributed by atoms with E-state index in [-0.39, 0.29) is 28.5 Å². The van der Waals surface area contributed by atoms with Gasteiger partial charge in [-0.05, 0) is 51.8 Å². The molecule has 1 aliphatic carbocycles. The molecule has 1 aromatic heterocycles. The molecule has 0 spiro atoms. The minimum atomic E-state index is -3.64. The second-order valence-electron chi connectivity index (χ2n) is 9.85. The highest BCUT2D eigenvalue weighted by molar-refractivity contribution is 7.90. The zero-order valence-electron chi connectivity index (χ0n) is 20.1. The first-order chi connectivity index (χ1) is 16.0. The average Bonchev–Trinajstić information content (AvgIpc) is 3.08. The Morgan fingerprint density at radius 2 is 1.68 bits per heavy atom. The number of sulfone groups is 1. The molecule has 9 heteroatoms. The van der Waals surface area contributed by atoms with E-state index < -0.39 is 33.0 Å². The molecule has 0 aliphatic heterocycles. The number of alkyl carbamates (subject to hydrolysis) is 1. The Morgan fingerprint density at radius 1 is 1.03 bits per heavy atom. The monoisotopic (exact) mass is 490 g/mol. The lowest BCUT2D eigenvalue weighted by Crippen LogP contribution is -2.56. The summed E-state index contributed by atoms with van der Waals surface area (Å²) >= 11 is 0. The van der Waals surface area contributed by atoms with Crippen LogP contribution in [0.5, 0.6) is 0 Å². The molecule has 0 radical (unpaired) electrons. The SMILES string of the molecule is CC(C)(C)OC(=O)NC1(CNC(=O)c2occc2CS(=O)(=O)c2ccccc2)CCCCCC1. The van der Waals surface area contributed by atoms with Crippen LogP contribution < -0.4 is 10.6 Å². The summed E-state index contributed by atoms with van der Waals surface area (Å²) in [5, 5.41) is 5.86. The largest absolute Gasteiger partial charge is 0.459 e. The quantitative estimate of drug-likeness (QED) is 0.548. The van der Waals surface area contributed by atoms with Gasteiger partial charge in [0, 0.05) is 12.1 Å². The first-order valence-electron chi connectivity index (χ1n) is 11.6. The minimum Gasteiger partial charge on any atom is -0.459 e. The number of hydrogen-bond donors (Lipinski definition) is 2. The molecule has 0 unspecified atom stereocenters. The molecule has 34 heavy (non-hydrogen) atoms. The molecule has 1 heterocycles. The van der Waals surface area contributed by atoms with Crippen molar-refractivity contribution in [3.05, 3.63) is 54.0 Å². The van der Waals surface area contributed by atoms with Gasteiger partial charge in [0.15, 0.2) is 15.6 Å². The van der Waals surface area contributed by atoms with Crippen molar-refractivity contribution in [2.45, 2.75) is 81.1 Å². The van der Waals surface area contributed by atoms with E-state index in [2.05, 4.69) is 10.6 Å². The molecule has 2 amide bonds. The van der Waals surface area contributed by atoms with Crippen LogP contribution in [0.15, 0.2) is 52.0 Å². The Balaban J connectivity index is 1.72. The number of hydrogen-bond acceptors (Lipinski definition) is 6. The fourth-order valence-electron chi connectivity index (χ4n) is 4.17. The predicted molar refractivity (Wildman–Crippen MR) is 128 cm³/mol. The molecule has 2 aromatic rings. The summed E-state index contributed by atoms with van der Waals surface area (Å²) in [7, 11) is -3.64. The van der Waals surface area contributed by atoms with Crippen molar-refractivity contribution < 1.29 is 27.2 Å². The number of benzene rings is 1. The van der Waals surface area contributed by atoms with Crippen LogP contribution in [0.2, 0.25) is 0 Å². The third-order valence-electron chi connectivity index (χ3n) is 5.81. The molecular weight excluding hydrogens is 456 g/mol. The summed E-state index contributed by atoms with van der Waals surface area (Å²) in [6.07, 6.45) is 6.18. The fraction of sp³-hybridized carbons (Fsp3) is 0.520. The highest BCUT2D eigenvalue weighted by atomic mass is 32.2. The van der Waals surface area contributed by atoms with Crippen molar-refractivity contribution in [3.63, 3.8) is 0 Å². The van der Waals surface area contributed by atoms with Crippen LogP contribution >= 0.6 is 0 Å². The molecule has 8 nitrogen and oxygen atoms in total. The Labute approximate surface area is 201 Å². The van der Waals surface area contributed by atoms with Gasteiger partial charge in [0.1, 0.15) is 5.60 Å². The molecule has 0 saturated heterocycles. The molecule has 0 atom stereocenters. The van der Waals surface area contributed by atoms with Crippen LogP contribution in [-0.2, 0) is 20.3 Å². The summed E-state index contributed by atoms with van der Waals surface area (Å²) in [5.41, 5.74) is -0.986. The molecule has 186 valence electrons. The number of ether oxygens (including phenoxy) is 1. The topological polar surface area (TPSA) is 115 Å². The van der Waals surface area contributed by atoms with E-state index in [1.165, 1.54) is 24.5 Å². The van der Waals surface area contributed by atoms with E-state index in [1.54, 1.807) is 39.0 Å². The minimum absolute atomic E-state index is 0.0412. The first kappa shape index (κ1) is 25.8. The van der Waals surface area contributed by atoms with E-state index in [9.17, 15) is 18.0 Å². The standard InChI is InChI=1S/C25H34N2O6S/c1-24(2,3)33-23(29)27-25(14-9-4-5-10-15-25)18-26-22(28)21-19(13-16-32-21)17-34(30,31)20-11-7-6-8-12-20/h6-8,11-13,16H,4-5,9-10,14-15,17-18H2,1-3H3,(H,26,28)(H,27,29). The molecule has 0 bridgehead atoms. The predicted octanol–water partition coefficient (Wildman–Crippen LogP) is 4.60. The van der Waals surface area contributed by atoms with Crippen LogP contribution in [0.1, 0.15) is 75.4 Å². The number of nitrogens with one attached hydrogen (secondary N) is 2. The maximum Gasteiger partial charge on any atom is 0.408 e. The van der Waals surface area contributed by atoms with Crippen molar-refractivity contribution in [1.82, 2.24) is 10.6 Å². The lowest BCUT2D eigenvalue weighted by atomic mass is 9.90. The van der Waals surface area contributed by atoms with E-state index in [4.69, 9.17) is 9.15 Å². The number of carbonyl (C=O) groups is 2. The summed E-state index contributed by atoms with van der Waals surface area (Å²) in [5.74, 6) is -0.907. The van der Waals surface area contributed by atoms with Crippen LogP contribution in [0, 0.1) is 0 Å². The first-order valence-corrected chi connectivity index (χ1v) is 13.3. The van der Waals surface area contributed by atoms with Gasteiger partial charge in [-0.1, -0.05) is 43.9 Å². The molecule has 1 aromatic carbocycles. The maximum absolute atomic E-state index is 13.0. The zero-order chi connectivity index (χ0) is 24.8. The molecule has 1 saturated carbocycles. The summed E-state index contributed by atoms with van der Waals surface area (Å²) in [6.45, 7) is 5.60. The van der Waals surface area contributed by atoms with Gasteiger partial charge in [-0.25, -0.2) is 13.2 Å². The molecule has 2 N–H and O–H groups in total.